The van der Waals surface area contributed by atoms with E-state index in [2.05, 4.69) is 67.1 Å². The van der Waals surface area contributed by atoms with Crippen molar-refractivity contribution in [2.45, 2.75) is 50.1 Å². The lowest BCUT2D eigenvalue weighted by atomic mass is 9.87. The Morgan fingerprint density at radius 1 is 1.15 bits per heavy atom. The molecule has 1 heterocycles. The molecule has 0 aliphatic heterocycles. The van der Waals surface area contributed by atoms with Crippen LogP contribution < -0.4 is 14.8 Å². The number of amides is 1. The molecular weight excluding hydrogens is 448 g/mol. The van der Waals surface area contributed by atoms with Gasteiger partial charge in [-0.1, -0.05) is 62.9 Å². The van der Waals surface area contributed by atoms with Crippen LogP contribution in [0.1, 0.15) is 33.3 Å². The summed E-state index contributed by atoms with van der Waals surface area (Å²) in [6.07, 6.45) is 1.80. The number of anilines is 1. The third kappa shape index (κ3) is 5.80. The molecule has 0 fully saturated rings. The molecule has 0 saturated heterocycles. The summed E-state index contributed by atoms with van der Waals surface area (Å²) < 4.78 is 12.6. The molecule has 2 aromatic carbocycles. The molecule has 1 N–H and O–H groups in total. The lowest BCUT2D eigenvalue weighted by Crippen LogP contribution is -2.23. The number of nitrogens with zero attached hydrogens (tertiary/aromatic N) is 3. The first kappa shape index (κ1) is 25.4. The standard InChI is InChI=1S/C26H32N4O3S/c1-8-15-30-23(18-9-11-19(12-10-18)26(3,4)5)28-29-25(30)34-17(2)24(31)27-21-16-20(32-6)13-14-22(21)33-7/h8-14,16-17H,1,15H2,2-7H3,(H,27,31). The molecule has 0 bridgehead atoms. The first-order valence-electron chi connectivity index (χ1n) is 11.0. The highest BCUT2D eigenvalue weighted by atomic mass is 32.2. The van der Waals surface area contributed by atoms with E-state index in [-0.39, 0.29) is 11.3 Å². The number of methoxy groups -OCH3 is 2. The van der Waals surface area contributed by atoms with Gasteiger partial charge in [-0.3, -0.25) is 9.36 Å². The van der Waals surface area contributed by atoms with E-state index in [1.54, 1.807) is 38.5 Å². The molecule has 1 atom stereocenters. The van der Waals surface area contributed by atoms with E-state index in [0.717, 1.165) is 11.4 Å². The zero-order valence-electron chi connectivity index (χ0n) is 20.6. The highest BCUT2D eigenvalue weighted by Crippen LogP contribution is 2.32. The fourth-order valence-electron chi connectivity index (χ4n) is 3.36. The number of thioether (sulfide) groups is 1. The van der Waals surface area contributed by atoms with Gasteiger partial charge in [0, 0.05) is 18.2 Å². The van der Waals surface area contributed by atoms with Crippen LogP contribution in [0, 0.1) is 0 Å². The van der Waals surface area contributed by atoms with Gasteiger partial charge in [-0.2, -0.15) is 0 Å². The maximum Gasteiger partial charge on any atom is 0.237 e. The predicted octanol–water partition coefficient (Wildman–Crippen LogP) is 5.57. The van der Waals surface area contributed by atoms with Crippen LogP contribution in [-0.2, 0) is 16.8 Å². The number of hydrogen-bond acceptors (Lipinski definition) is 6. The van der Waals surface area contributed by atoms with Gasteiger partial charge in [-0.25, -0.2) is 0 Å². The minimum absolute atomic E-state index is 0.0720. The van der Waals surface area contributed by atoms with E-state index in [1.165, 1.54) is 17.3 Å². The molecule has 3 rings (SSSR count). The highest BCUT2D eigenvalue weighted by molar-refractivity contribution is 8.00. The second-order valence-electron chi connectivity index (χ2n) is 8.85. The van der Waals surface area contributed by atoms with Crippen molar-refractivity contribution in [2.75, 3.05) is 19.5 Å². The normalized spacial score (nSPS) is 12.2. The van der Waals surface area contributed by atoms with Crippen molar-refractivity contribution >= 4 is 23.4 Å². The van der Waals surface area contributed by atoms with Crippen molar-refractivity contribution in [3.63, 3.8) is 0 Å². The molecule has 1 unspecified atom stereocenters. The number of nitrogens with one attached hydrogen (secondary N) is 1. The summed E-state index contributed by atoms with van der Waals surface area (Å²) in [7, 11) is 3.13. The van der Waals surface area contributed by atoms with E-state index in [9.17, 15) is 4.79 Å². The van der Waals surface area contributed by atoms with Gasteiger partial charge in [-0.15, -0.1) is 16.8 Å². The number of allylic oxidation sites excluding steroid dienone is 1. The minimum Gasteiger partial charge on any atom is -0.497 e. The Labute approximate surface area is 205 Å². The van der Waals surface area contributed by atoms with Gasteiger partial charge in [0.2, 0.25) is 5.91 Å². The molecule has 180 valence electrons. The largest absolute Gasteiger partial charge is 0.497 e. The van der Waals surface area contributed by atoms with E-state index >= 15 is 0 Å². The van der Waals surface area contributed by atoms with Gasteiger partial charge in [0.1, 0.15) is 11.5 Å². The van der Waals surface area contributed by atoms with E-state index in [0.29, 0.717) is 28.9 Å². The summed E-state index contributed by atoms with van der Waals surface area (Å²) in [5.74, 6) is 1.75. The van der Waals surface area contributed by atoms with Gasteiger partial charge in [0.25, 0.3) is 0 Å². The lowest BCUT2D eigenvalue weighted by Gasteiger charge is -2.19. The minimum atomic E-state index is -0.431. The lowest BCUT2D eigenvalue weighted by molar-refractivity contribution is -0.115. The summed E-state index contributed by atoms with van der Waals surface area (Å²) in [5.41, 5.74) is 2.83. The van der Waals surface area contributed by atoms with Crippen LogP contribution >= 0.6 is 11.8 Å². The van der Waals surface area contributed by atoms with Crippen molar-refractivity contribution in [1.82, 2.24) is 14.8 Å². The van der Waals surface area contributed by atoms with Gasteiger partial charge in [0.15, 0.2) is 11.0 Å². The Kier molecular flexibility index (Phi) is 8.04. The molecule has 34 heavy (non-hydrogen) atoms. The van der Waals surface area contributed by atoms with Crippen molar-refractivity contribution in [3.05, 3.63) is 60.7 Å². The van der Waals surface area contributed by atoms with E-state index < -0.39 is 5.25 Å². The molecule has 1 aromatic heterocycles. The first-order valence-corrected chi connectivity index (χ1v) is 11.9. The van der Waals surface area contributed by atoms with Crippen molar-refractivity contribution in [1.29, 1.82) is 0 Å². The average molecular weight is 481 g/mol. The van der Waals surface area contributed by atoms with Crippen LogP contribution in [0.3, 0.4) is 0 Å². The Bertz CT molecular complexity index is 1150. The molecule has 1 amide bonds. The number of hydrogen-bond donors (Lipinski definition) is 1. The second kappa shape index (κ2) is 10.8. The molecule has 0 spiro atoms. The highest BCUT2D eigenvalue weighted by Gasteiger charge is 2.22. The van der Waals surface area contributed by atoms with Gasteiger partial charge < -0.3 is 14.8 Å². The van der Waals surface area contributed by atoms with E-state index in [4.69, 9.17) is 9.47 Å². The topological polar surface area (TPSA) is 78.3 Å². The molecule has 0 radical (unpaired) electrons. The third-order valence-corrected chi connectivity index (χ3v) is 6.43. The van der Waals surface area contributed by atoms with Crippen LogP contribution in [0.2, 0.25) is 0 Å². The van der Waals surface area contributed by atoms with Crippen molar-refractivity contribution < 1.29 is 14.3 Å². The molecule has 0 saturated carbocycles. The van der Waals surface area contributed by atoms with Gasteiger partial charge in [-0.05, 0) is 30.0 Å². The number of carbonyl (C=O) groups is 1. The van der Waals surface area contributed by atoms with E-state index in [1.807, 2.05) is 11.5 Å². The Hall–Kier alpha value is -3.26. The average Bonchev–Trinajstić information content (AvgIpc) is 3.20. The fraction of sp³-hybridized carbons (Fsp3) is 0.346. The molecule has 8 heteroatoms. The Morgan fingerprint density at radius 2 is 1.85 bits per heavy atom. The fourth-order valence-corrected chi connectivity index (χ4v) is 4.22. The van der Waals surface area contributed by atoms with Crippen LogP contribution in [0.4, 0.5) is 5.69 Å². The number of rotatable bonds is 9. The number of ether oxygens (including phenoxy) is 2. The Morgan fingerprint density at radius 3 is 2.44 bits per heavy atom. The monoisotopic (exact) mass is 480 g/mol. The molecule has 0 aliphatic carbocycles. The summed E-state index contributed by atoms with van der Waals surface area (Å²) in [5, 5.41) is 11.9. The van der Waals surface area contributed by atoms with Crippen LogP contribution in [0.25, 0.3) is 11.4 Å². The van der Waals surface area contributed by atoms with Crippen LogP contribution in [0.5, 0.6) is 11.5 Å². The number of aromatic nitrogens is 3. The quantitative estimate of drug-likeness (QED) is 0.319. The molecular formula is C26H32N4O3S. The summed E-state index contributed by atoms with van der Waals surface area (Å²) in [6.45, 7) is 12.8. The predicted molar refractivity (Wildman–Crippen MR) is 138 cm³/mol. The van der Waals surface area contributed by atoms with Gasteiger partial charge >= 0.3 is 0 Å². The molecule has 7 nitrogen and oxygen atoms in total. The smallest absolute Gasteiger partial charge is 0.237 e. The number of benzene rings is 2. The van der Waals surface area contributed by atoms with Crippen LogP contribution in [0.15, 0.2) is 60.3 Å². The first-order chi connectivity index (χ1) is 16.2. The molecule has 0 aliphatic rings. The maximum absolute atomic E-state index is 13.0. The maximum atomic E-state index is 13.0. The van der Waals surface area contributed by atoms with Crippen LogP contribution in [-0.4, -0.2) is 40.1 Å². The Balaban J connectivity index is 1.81. The summed E-state index contributed by atoms with van der Waals surface area (Å²) >= 11 is 1.34. The summed E-state index contributed by atoms with van der Waals surface area (Å²) in [6, 6.07) is 13.6. The summed E-state index contributed by atoms with van der Waals surface area (Å²) in [4.78, 5) is 13.0. The number of carbonyl (C=O) groups excluding carboxylic acids is 1. The van der Waals surface area contributed by atoms with Crippen molar-refractivity contribution in [3.8, 4) is 22.9 Å². The van der Waals surface area contributed by atoms with Crippen molar-refractivity contribution in [2.24, 2.45) is 0 Å². The zero-order chi connectivity index (χ0) is 24.9. The zero-order valence-corrected chi connectivity index (χ0v) is 21.4. The SMILES string of the molecule is C=CCn1c(SC(C)C(=O)Nc2cc(OC)ccc2OC)nnc1-c1ccc(C(C)(C)C)cc1. The molecule has 3 aromatic rings. The second-order valence-corrected chi connectivity index (χ2v) is 10.2. The third-order valence-electron chi connectivity index (χ3n) is 5.35. The van der Waals surface area contributed by atoms with Gasteiger partial charge in [0.05, 0.1) is 25.2 Å².